The van der Waals surface area contributed by atoms with Gasteiger partial charge in [-0.05, 0) is 124 Å². The van der Waals surface area contributed by atoms with E-state index >= 15 is 0 Å². The SMILES string of the molecule is c1ccc(-c2ccc(N3c4cc(-n5c6ccccc6c6ccccc65)ccc4B4c5ccc(-n6c7ccccc7c7ccccc76)cc5N(c5ccc(-c6ccccc6)cc5)c5cccc3c54)cc2)cc1. The molecule has 0 N–H and O–H groups in total. The fraction of sp³-hybridized carbons (Fsp3) is 0. The van der Waals surface area contributed by atoms with E-state index in [0.29, 0.717) is 0 Å². The maximum Gasteiger partial charge on any atom is 0.252 e. The van der Waals surface area contributed by atoms with Crippen LogP contribution in [0.25, 0.3) is 77.2 Å². The van der Waals surface area contributed by atoms with Gasteiger partial charge in [0.1, 0.15) is 0 Å². The van der Waals surface area contributed by atoms with Gasteiger partial charge in [0.2, 0.25) is 0 Å². The number of rotatable bonds is 6. The molecule has 4 heterocycles. The van der Waals surface area contributed by atoms with Crippen molar-refractivity contribution in [3.8, 4) is 33.6 Å². The highest BCUT2D eigenvalue weighted by atomic mass is 15.2. The molecule has 0 bridgehead atoms. The van der Waals surface area contributed by atoms with Gasteiger partial charge in [0.15, 0.2) is 0 Å². The van der Waals surface area contributed by atoms with Gasteiger partial charge < -0.3 is 18.9 Å². The Morgan fingerprint density at radius 1 is 0.239 bits per heavy atom. The van der Waals surface area contributed by atoms with Crippen molar-refractivity contribution in [1.29, 1.82) is 0 Å². The summed E-state index contributed by atoms with van der Waals surface area (Å²) in [5.74, 6) is 0. The second-order valence-corrected chi connectivity index (χ2v) is 18.9. The molecule has 330 valence electrons. The van der Waals surface area contributed by atoms with E-state index in [0.717, 1.165) is 22.7 Å². The fourth-order valence-corrected chi connectivity index (χ4v) is 12.0. The highest BCUT2D eigenvalue weighted by Crippen LogP contribution is 2.46. The minimum Gasteiger partial charge on any atom is -0.311 e. The summed E-state index contributed by atoms with van der Waals surface area (Å²) >= 11 is 0. The highest BCUT2D eigenvalue weighted by Gasteiger charge is 2.43. The van der Waals surface area contributed by atoms with Crippen molar-refractivity contribution < 1.29 is 0 Å². The average molecular weight is 903 g/mol. The predicted molar refractivity (Wildman–Crippen MR) is 300 cm³/mol. The minimum atomic E-state index is -0.0507. The largest absolute Gasteiger partial charge is 0.311 e. The second-order valence-electron chi connectivity index (χ2n) is 18.9. The topological polar surface area (TPSA) is 16.3 Å². The third kappa shape index (κ3) is 6.00. The molecular weight excluding hydrogens is 860 g/mol. The zero-order chi connectivity index (χ0) is 46.6. The highest BCUT2D eigenvalue weighted by molar-refractivity contribution is 7.00. The number of aromatic nitrogens is 2. The zero-order valence-electron chi connectivity index (χ0n) is 38.7. The second kappa shape index (κ2) is 15.6. The molecule has 0 fully saturated rings. The molecule has 0 unspecified atom stereocenters. The van der Waals surface area contributed by atoms with Crippen LogP contribution in [-0.2, 0) is 0 Å². The van der Waals surface area contributed by atoms with E-state index in [9.17, 15) is 0 Å². The maximum atomic E-state index is 2.52. The van der Waals surface area contributed by atoms with Crippen molar-refractivity contribution in [3.63, 3.8) is 0 Å². The molecule has 0 radical (unpaired) electrons. The van der Waals surface area contributed by atoms with Gasteiger partial charge in [0, 0.05) is 67.0 Å². The van der Waals surface area contributed by atoms with Crippen LogP contribution >= 0.6 is 0 Å². The molecule has 0 spiro atoms. The Bertz CT molecular complexity index is 3850. The molecule has 5 heteroatoms. The van der Waals surface area contributed by atoms with Gasteiger partial charge in [-0.25, -0.2) is 0 Å². The molecule has 2 aromatic heterocycles. The first-order chi connectivity index (χ1) is 35.2. The van der Waals surface area contributed by atoms with E-state index in [2.05, 4.69) is 280 Å². The Kier molecular flexibility index (Phi) is 8.72. The van der Waals surface area contributed by atoms with Crippen molar-refractivity contribution in [2.75, 3.05) is 9.80 Å². The van der Waals surface area contributed by atoms with Crippen LogP contribution in [-0.4, -0.2) is 15.8 Å². The van der Waals surface area contributed by atoms with Crippen LogP contribution in [0.15, 0.2) is 261 Å². The molecule has 0 saturated heterocycles. The first-order valence-corrected chi connectivity index (χ1v) is 24.5. The van der Waals surface area contributed by atoms with Crippen molar-refractivity contribution in [1.82, 2.24) is 9.13 Å². The normalized spacial score (nSPS) is 12.7. The summed E-state index contributed by atoms with van der Waals surface area (Å²) in [7, 11) is 0. The van der Waals surface area contributed by atoms with Crippen LogP contribution in [0.2, 0.25) is 0 Å². The summed E-state index contributed by atoms with van der Waals surface area (Å²) in [5.41, 5.74) is 22.6. The zero-order valence-corrected chi connectivity index (χ0v) is 38.7. The van der Waals surface area contributed by atoms with Gasteiger partial charge in [0.25, 0.3) is 6.71 Å². The van der Waals surface area contributed by atoms with E-state index in [1.807, 2.05) is 0 Å². The molecule has 11 aromatic carbocycles. The fourth-order valence-electron chi connectivity index (χ4n) is 12.0. The maximum absolute atomic E-state index is 2.52. The summed E-state index contributed by atoms with van der Waals surface area (Å²) in [4.78, 5) is 5.04. The van der Waals surface area contributed by atoms with Gasteiger partial charge >= 0.3 is 0 Å². The molecule has 4 nitrogen and oxygen atoms in total. The summed E-state index contributed by atoms with van der Waals surface area (Å²) in [6.45, 7) is -0.0507. The Morgan fingerprint density at radius 3 is 0.944 bits per heavy atom. The van der Waals surface area contributed by atoms with Crippen LogP contribution in [0.5, 0.6) is 0 Å². The monoisotopic (exact) mass is 902 g/mol. The number of hydrogen-bond donors (Lipinski definition) is 0. The lowest BCUT2D eigenvalue weighted by Crippen LogP contribution is -2.61. The summed E-state index contributed by atoms with van der Waals surface area (Å²) in [5, 5.41) is 5.00. The summed E-state index contributed by atoms with van der Waals surface area (Å²) in [6.07, 6.45) is 0. The Morgan fingerprint density at radius 2 is 0.563 bits per heavy atom. The van der Waals surface area contributed by atoms with Crippen molar-refractivity contribution >= 4 is 101 Å². The smallest absolute Gasteiger partial charge is 0.252 e. The molecule has 71 heavy (non-hydrogen) atoms. The van der Waals surface area contributed by atoms with Crippen LogP contribution < -0.4 is 26.2 Å². The van der Waals surface area contributed by atoms with E-state index in [4.69, 9.17) is 0 Å². The molecule has 0 amide bonds. The Hall–Kier alpha value is -9.32. The van der Waals surface area contributed by atoms with Crippen LogP contribution in [0.3, 0.4) is 0 Å². The van der Waals surface area contributed by atoms with E-state index in [1.165, 1.54) is 105 Å². The van der Waals surface area contributed by atoms with E-state index in [1.54, 1.807) is 0 Å². The minimum absolute atomic E-state index is 0.0507. The Labute approximate surface area is 412 Å². The van der Waals surface area contributed by atoms with Gasteiger partial charge in [-0.1, -0.05) is 176 Å². The van der Waals surface area contributed by atoms with Gasteiger partial charge in [-0.3, -0.25) is 0 Å². The van der Waals surface area contributed by atoms with Crippen LogP contribution in [0.1, 0.15) is 0 Å². The molecule has 0 atom stereocenters. The quantitative estimate of drug-likeness (QED) is 0.155. The predicted octanol–water partition coefficient (Wildman–Crippen LogP) is 15.3. The molecule has 2 aliphatic heterocycles. The standard InChI is InChI=1S/C66H43BN4/c1-3-16-44(17-4-1)46-30-34-48(35-31-46)68-62-28-15-29-63-66(62)67(56-40-38-50(42-64(56)68)70-58-24-11-7-20-52(58)53-21-8-12-25-59(53)70)57-41-39-51(71-60-26-13-9-22-54(60)55-23-10-14-27-61(55)71)43-65(57)69(63)49-36-32-47(33-37-49)45-18-5-2-6-19-45/h1-43H. The molecular formula is C66H43BN4. The van der Waals surface area contributed by atoms with Crippen LogP contribution in [0.4, 0.5) is 34.1 Å². The van der Waals surface area contributed by atoms with Gasteiger partial charge in [-0.2, -0.15) is 0 Å². The van der Waals surface area contributed by atoms with Gasteiger partial charge in [0.05, 0.1) is 22.1 Å². The summed E-state index contributed by atoms with van der Waals surface area (Å²) < 4.78 is 4.89. The lowest BCUT2D eigenvalue weighted by atomic mass is 9.33. The van der Waals surface area contributed by atoms with E-state index < -0.39 is 0 Å². The number of para-hydroxylation sites is 4. The van der Waals surface area contributed by atoms with E-state index in [-0.39, 0.29) is 6.71 Å². The molecule has 0 aliphatic carbocycles. The molecule has 13 aromatic rings. The number of anilines is 6. The molecule has 15 rings (SSSR count). The lowest BCUT2D eigenvalue weighted by Gasteiger charge is -2.44. The van der Waals surface area contributed by atoms with Crippen LogP contribution in [0, 0.1) is 0 Å². The van der Waals surface area contributed by atoms with Crippen molar-refractivity contribution in [2.45, 2.75) is 0 Å². The average Bonchev–Trinajstić information content (AvgIpc) is 3.96. The lowest BCUT2D eigenvalue weighted by molar-refractivity contribution is 1.17. The summed E-state index contributed by atoms with van der Waals surface area (Å²) in [6, 6.07) is 96.2. The molecule has 2 aliphatic rings. The number of fused-ring (bicyclic) bond motifs is 10. The van der Waals surface area contributed by atoms with Gasteiger partial charge in [-0.15, -0.1) is 0 Å². The Balaban J connectivity index is 0.989. The first-order valence-electron chi connectivity index (χ1n) is 24.5. The number of hydrogen-bond acceptors (Lipinski definition) is 2. The first kappa shape index (κ1) is 39.7. The number of nitrogens with zero attached hydrogens (tertiary/aromatic N) is 4. The van der Waals surface area contributed by atoms with Crippen molar-refractivity contribution in [3.05, 3.63) is 261 Å². The van der Waals surface area contributed by atoms with Crippen molar-refractivity contribution in [2.24, 2.45) is 0 Å². The third-order valence-corrected chi connectivity index (χ3v) is 15.1. The molecule has 0 saturated carbocycles. The third-order valence-electron chi connectivity index (χ3n) is 15.1. The number of benzene rings is 11.